The lowest BCUT2D eigenvalue weighted by atomic mass is 10.00. The number of Topliss-reactive ketones (excluding diaryl/α,β-unsaturated/α-hetero) is 1. The van der Waals surface area contributed by atoms with Crippen molar-refractivity contribution >= 4 is 11.8 Å². The van der Waals surface area contributed by atoms with E-state index in [1.54, 1.807) is 38.1 Å². The van der Waals surface area contributed by atoms with Crippen molar-refractivity contribution in [3.05, 3.63) is 35.9 Å². The van der Waals surface area contributed by atoms with Crippen LogP contribution in [0.4, 0.5) is 0 Å². The predicted octanol–water partition coefficient (Wildman–Crippen LogP) is 2.07. The number of carbonyl (C=O) groups is 2. The molecule has 0 heterocycles. The van der Waals surface area contributed by atoms with Gasteiger partial charge in [0.15, 0.2) is 5.78 Å². The summed E-state index contributed by atoms with van der Waals surface area (Å²) in [7, 11) is 0. The molecule has 15 heavy (non-hydrogen) atoms. The van der Waals surface area contributed by atoms with Crippen LogP contribution in [0.3, 0.4) is 0 Å². The molecule has 0 saturated heterocycles. The topological polar surface area (TPSA) is 43.4 Å². The molecular formula is C12H14O3. The lowest BCUT2D eigenvalue weighted by Crippen LogP contribution is -2.23. The first-order chi connectivity index (χ1) is 7.16. The zero-order valence-corrected chi connectivity index (χ0v) is 8.90. The Bertz CT molecular complexity index is 343. The van der Waals surface area contributed by atoms with Gasteiger partial charge in [-0.25, -0.2) is 0 Å². The molecule has 0 fully saturated rings. The normalized spacial score (nSPS) is 11.9. The van der Waals surface area contributed by atoms with Crippen molar-refractivity contribution in [3.8, 4) is 0 Å². The third-order valence-electron chi connectivity index (χ3n) is 2.09. The molecular weight excluding hydrogens is 192 g/mol. The van der Waals surface area contributed by atoms with Crippen molar-refractivity contribution < 1.29 is 14.3 Å². The van der Waals surface area contributed by atoms with Crippen molar-refractivity contribution in [2.24, 2.45) is 5.92 Å². The van der Waals surface area contributed by atoms with Crippen LogP contribution in [0.5, 0.6) is 0 Å². The van der Waals surface area contributed by atoms with Gasteiger partial charge in [-0.15, -0.1) is 0 Å². The Labute approximate surface area is 89.1 Å². The van der Waals surface area contributed by atoms with E-state index in [4.69, 9.17) is 4.74 Å². The number of rotatable bonds is 4. The molecule has 0 amide bonds. The summed E-state index contributed by atoms with van der Waals surface area (Å²) in [6.07, 6.45) is 0. The summed E-state index contributed by atoms with van der Waals surface area (Å²) in [5.41, 5.74) is 0.540. The first-order valence-electron chi connectivity index (χ1n) is 4.92. The summed E-state index contributed by atoms with van der Waals surface area (Å²) in [6.45, 7) is 3.58. The third kappa shape index (κ3) is 2.91. The van der Waals surface area contributed by atoms with E-state index >= 15 is 0 Å². The molecule has 3 nitrogen and oxygen atoms in total. The molecule has 1 aromatic carbocycles. The number of benzene rings is 1. The fourth-order valence-corrected chi connectivity index (χ4v) is 1.23. The highest BCUT2D eigenvalue weighted by atomic mass is 16.5. The van der Waals surface area contributed by atoms with Crippen molar-refractivity contribution in [1.29, 1.82) is 0 Å². The van der Waals surface area contributed by atoms with Crippen molar-refractivity contribution in [2.45, 2.75) is 13.8 Å². The quantitative estimate of drug-likeness (QED) is 0.430. The van der Waals surface area contributed by atoms with E-state index in [2.05, 4.69) is 0 Å². The maximum atomic E-state index is 11.8. The van der Waals surface area contributed by atoms with Gasteiger partial charge in [-0.3, -0.25) is 9.59 Å². The zero-order valence-electron chi connectivity index (χ0n) is 8.90. The minimum Gasteiger partial charge on any atom is -0.465 e. The van der Waals surface area contributed by atoms with Gasteiger partial charge in [0.1, 0.15) is 5.92 Å². The second kappa shape index (κ2) is 5.29. The van der Waals surface area contributed by atoms with E-state index in [-0.39, 0.29) is 5.78 Å². The molecule has 0 spiro atoms. The average Bonchev–Trinajstić information content (AvgIpc) is 2.28. The van der Waals surface area contributed by atoms with E-state index in [0.29, 0.717) is 12.2 Å². The van der Waals surface area contributed by atoms with Crippen LogP contribution in [-0.4, -0.2) is 18.4 Å². The molecule has 0 aromatic heterocycles. The highest BCUT2D eigenvalue weighted by Crippen LogP contribution is 2.09. The van der Waals surface area contributed by atoms with Crippen LogP contribution >= 0.6 is 0 Å². The highest BCUT2D eigenvalue weighted by Gasteiger charge is 2.23. The van der Waals surface area contributed by atoms with Gasteiger partial charge in [0.2, 0.25) is 0 Å². The lowest BCUT2D eigenvalue weighted by molar-refractivity contribution is -0.145. The largest absolute Gasteiger partial charge is 0.465 e. The second-order valence-electron chi connectivity index (χ2n) is 3.20. The Kier molecular flexibility index (Phi) is 4.03. The van der Waals surface area contributed by atoms with Crippen LogP contribution in [0, 0.1) is 5.92 Å². The number of hydrogen-bond donors (Lipinski definition) is 0. The molecule has 1 rings (SSSR count). The van der Waals surface area contributed by atoms with E-state index in [1.807, 2.05) is 6.07 Å². The van der Waals surface area contributed by atoms with Crippen LogP contribution in [0.2, 0.25) is 0 Å². The number of ketones is 1. The minimum absolute atomic E-state index is 0.200. The molecule has 0 aliphatic carbocycles. The summed E-state index contributed by atoms with van der Waals surface area (Å²) < 4.78 is 4.79. The van der Waals surface area contributed by atoms with Crippen molar-refractivity contribution in [1.82, 2.24) is 0 Å². The fourth-order valence-electron chi connectivity index (χ4n) is 1.23. The first-order valence-corrected chi connectivity index (χ1v) is 4.92. The number of esters is 1. The highest BCUT2D eigenvalue weighted by molar-refractivity contribution is 6.08. The zero-order chi connectivity index (χ0) is 11.3. The van der Waals surface area contributed by atoms with Gasteiger partial charge in [-0.1, -0.05) is 30.3 Å². The van der Waals surface area contributed by atoms with Gasteiger partial charge in [0.25, 0.3) is 0 Å². The van der Waals surface area contributed by atoms with Crippen LogP contribution in [-0.2, 0) is 9.53 Å². The summed E-state index contributed by atoms with van der Waals surface area (Å²) in [4.78, 5) is 23.1. The molecule has 0 unspecified atom stereocenters. The van der Waals surface area contributed by atoms with Gasteiger partial charge in [-0.2, -0.15) is 0 Å². The average molecular weight is 206 g/mol. The van der Waals surface area contributed by atoms with Crippen LogP contribution in [0.1, 0.15) is 24.2 Å². The van der Waals surface area contributed by atoms with Crippen molar-refractivity contribution in [2.75, 3.05) is 6.61 Å². The van der Waals surface area contributed by atoms with E-state index in [1.165, 1.54) is 0 Å². The Morgan fingerprint density at radius 1 is 1.27 bits per heavy atom. The van der Waals surface area contributed by atoms with E-state index in [9.17, 15) is 9.59 Å². The summed E-state index contributed by atoms with van der Waals surface area (Å²) in [6, 6.07) is 8.75. The maximum Gasteiger partial charge on any atom is 0.316 e. The predicted molar refractivity (Wildman–Crippen MR) is 56.6 cm³/mol. The minimum atomic E-state index is -0.729. The molecule has 3 heteroatoms. The standard InChI is InChI=1S/C12H14O3/c1-3-15-12(14)9(2)11(13)10-7-5-4-6-8-10/h4-9H,3H2,1-2H3/t9-/m1/s1. The number of ether oxygens (including phenoxy) is 1. The van der Waals surface area contributed by atoms with Crippen LogP contribution < -0.4 is 0 Å². The van der Waals surface area contributed by atoms with E-state index < -0.39 is 11.9 Å². The molecule has 0 radical (unpaired) electrons. The summed E-state index contributed by atoms with van der Waals surface area (Å²) >= 11 is 0. The maximum absolute atomic E-state index is 11.8. The third-order valence-corrected chi connectivity index (χ3v) is 2.09. The molecule has 0 bridgehead atoms. The SMILES string of the molecule is CCOC(=O)[C@H](C)C(=O)c1ccccc1. The second-order valence-corrected chi connectivity index (χ2v) is 3.20. The molecule has 0 saturated carbocycles. The molecule has 0 aliphatic heterocycles. The Hall–Kier alpha value is -1.64. The summed E-state index contributed by atoms with van der Waals surface area (Å²) in [5, 5.41) is 0. The van der Waals surface area contributed by atoms with Gasteiger partial charge >= 0.3 is 5.97 Å². The molecule has 1 aromatic rings. The Balaban J connectivity index is 2.73. The van der Waals surface area contributed by atoms with E-state index in [0.717, 1.165) is 0 Å². The van der Waals surface area contributed by atoms with Gasteiger partial charge < -0.3 is 4.74 Å². The lowest BCUT2D eigenvalue weighted by Gasteiger charge is -2.08. The molecule has 1 atom stereocenters. The molecule has 80 valence electrons. The number of carbonyl (C=O) groups excluding carboxylic acids is 2. The van der Waals surface area contributed by atoms with Crippen LogP contribution in [0.25, 0.3) is 0 Å². The smallest absolute Gasteiger partial charge is 0.316 e. The van der Waals surface area contributed by atoms with Gasteiger partial charge in [0, 0.05) is 5.56 Å². The number of hydrogen-bond acceptors (Lipinski definition) is 3. The van der Waals surface area contributed by atoms with Gasteiger partial charge in [0.05, 0.1) is 6.61 Å². The summed E-state index contributed by atoms with van der Waals surface area (Å²) in [5.74, 6) is -1.40. The van der Waals surface area contributed by atoms with Gasteiger partial charge in [-0.05, 0) is 13.8 Å². The van der Waals surface area contributed by atoms with Crippen LogP contribution in [0.15, 0.2) is 30.3 Å². The van der Waals surface area contributed by atoms with Crippen molar-refractivity contribution in [3.63, 3.8) is 0 Å². The molecule has 0 N–H and O–H groups in total. The molecule has 0 aliphatic rings. The fraction of sp³-hybridized carbons (Fsp3) is 0.333. The Morgan fingerprint density at radius 3 is 2.40 bits per heavy atom. The Morgan fingerprint density at radius 2 is 1.87 bits per heavy atom. The monoisotopic (exact) mass is 206 g/mol. The first kappa shape index (κ1) is 11.4.